The first-order valence-corrected chi connectivity index (χ1v) is 11.6. The molecule has 0 aromatic carbocycles. The first-order valence-electron chi connectivity index (χ1n) is 9.99. The Hall–Kier alpha value is 0.870. The van der Waals surface area contributed by atoms with Gasteiger partial charge in [-0.05, 0) is 12.8 Å². The first-order chi connectivity index (χ1) is 11.6. The third-order valence-electron chi connectivity index (χ3n) is 4.49. The summed E-state index contributed by atoms with van der Waals surface area (Å²) >= 11 is 0. The maximum Gasteiger partial charge on any atom is 1.00 e. The third-order valence-corrected chi connectivity index (χ3v) is 5.28. The topological polar surface area (TPSA) is 66.4 Å². The van der Waals surface area contributed by atoms with E-state index in [2.05, 4.69) is 0 Å². The van der Waals surface area contributed by atoms with Crippen molar-refractivity contribution in [3.8, 4) is 0 Å². The third kappa shape index (κ3) is 27.2. The quantitative estimate of drug-likeness (QED) is 0.194. The van der Waals surface area contributed by atoms with Crippen LogP contribution < -0.4 is 29.6 Å². The molecule has 0 bridgehead atoms. The van der Waals surface area contributed by atoms with Gasteiger partial charge in [0.1, 0.15) is 0 Å². The summed E-state index contributed by atoms with van der Waals surface area (Å²) in [7, 11) is -2.23. The number of hydrogen-bond donors (Lipinski definition) is 0. The van der Waals surface area contributed by atoms with E-state index in [-0.39, 0.29) is 35.3 Å². The molecular weight excluding hydrogens is 347 g/mol. The van der Waals surface area contributed by atoms with E-state index in [1.807, 2.05) is 0 Å². The van der Waals surface area contributed by atoms with Crippen molar-refractivity contribution in [3.05, 3.63) is 0 Å². The molecule has 0 aromatic rings. The van der Waals surface area contributed by atoms with Crippen molar-refractivity contribution < 1.29 is 47.3 Å². The van der Waals surface area contributed by atoms with Crippen LogP contribution in [-0.4, -0.2) is 32.4 Å². The van der Waals surface area contributed by atoms with E-state index in [1.54, 1.807) is 7.11 Å². The molecular formula is C19H39NaO4S. The molecule has 0 aliphatic heterocycles. The van der Waals surface area contributed by atoms with Gasteiger partial charge >= 0.3 is 29.6 Å². The van der Waals surface area contributed by atoms with E-state index in [0.717, 1.165) is 19.4 Å². The van der Waals surface area contributed by atoms with Crippen LogP contribution in [0, 0.1) is 0 Å². The van der Waals surface area contributed by atoms with Gasteiger partial charge in [-0.15, -0.1) is 0 Å². The average Bonchev–Trinajstić information content (AvgIpc) is 2.52. The maximum absolute atomic E-state index is 10.4. The molecule has 0 aromatic heterocycles. The molecule has 0 unspecified atom stereocenters. The summed E-state index contributed by atoms with van der Waals surface area (Å²) in [6.45, 7) is 0.905. The van der Waals surface area contributed by atoms with Gasteiger partial charge in [-0.2, -0.15) is 0 Å². The zero-order chi connectivity index (χ0) is 17.9. The summed E-state index contributed by atoms with van der Waals surface area (Å²) in [5.74, 6) is -0.194. The van der Waals surface area contributed by atoms with Crippen LogP contribution in [0.3, 0.4) is 0 Å². The predicted octanol–water partition coefficient (Wildman–Crippen LogP) is 2.42. The normalized spacial score (nSPS) is 11.4. The largest absolute Gasteiger partial charge is 1.00 e. The Kier molecular flexibility index (Phi) is 23.8. The molecule has 0 N–H and O–H groups in total. The Bertz CT molecular complexity index is 347. The Morgan fingerprint density at radius 2 is 0.880 bits per heavy atom. The van der Waals surface area contributed by atoms with Gasteiger partial charge in [-0.1, -0.05) is 89.9 Å². The van der Waals surface area contributed by atoms with E-state index >= 15 is 0 Å². The molecule has 0 fully saturated rings. The molecule has 0 aliphatic rings. The Labute approximate surface area is 178 Å². The zero-order valence-electron chi connectivity index (χ0n) is 16.8. The van der Waals surface area contributed by atoms with Gasteiger partial charge in [0.2, 0.25) is 0 Å². The van der Waals surface area contributed by atoms with Crippen LogP contribution in [0.15, 0.2) is 0 Å². The summed E-state index contributed by atoms with van der Waals surface area (Å²) in [6.07, 6.45) is 19.6. The number of ether oxygens (including phenoxy) is 1. The van der Waals surface area contributed by atoms with Crippen LogP contribution in [0.25, 0.3) is 0 Å². The van der Waals surface area contributed by atoms with Crippen LogP contribution in [0.1, 0.15) is 103 Å². The summed E-state index contributed by atoms with van der Waals surface area (Å²) in [6, 6.07) is 0. The molecule has 146 valence electrons. The zero-order valence-corrected chi connectivity index (χ0v) is 19.6. The standard InChI is InChI=1S/C19H40O4S.Na/c1-23-18-16-14-12-10-8-6-4-2-3-5-7-9-11-13-15-17-19-24(20,21)22;/h2-19H2,1H3,(H,20,21,22);/q;+1/p-1. The Morgan fingerprint density at radius 3 is 1.16 bits per heavy atom. The minimum absolute atomic E-state index is 0. The monoisotopic (exact) mass is 386 g/mol. The summed E-state index contributed by atoms with van der Waals surface area (Å²) < 4.78 is 36.4. The molecule has 0 rings (SSSR count). The molecule has 0 spiro atoms. The van der Waals surface area contributed by atoms with Crippen molar-refractivity contribution in [1.82, 2.24) is 0 Å². The molecule has 0 heterocycles. The predicted molar refractivity (Wildman–Crippen MR) is 100 cm³/mol. The fourth-order valence-electron chi connectivity index (χ4n) is 3.00. The van der Waals surface area contributed by atoms with Crippen molar-refractivity contribution >= 4 is 10.1 Å². The summed E-state index contributed by atoms with van der Waals surface area (Å²) in [5.41, 5.74) is 0. The fourth-order valence-corrected chi connectivity index (χ4v) is 3.56. The van der Waals surface area contributed by atoms with Crippen molar-refractivity contribution in [3.63, 3.8) is 0 Å². The van der Waals surface area contributed by atoms with E-state index in [9.17, 15) is 13.0 Å². The van der Waals surface area contributed by atoms with Crippen LogP contribution in [-0.2, 0) is 14.9 Å². The second-order valence-corrected chi connectivity index (χ2v) is 8.44. The van der Waals surface area contributed by atoms with Crippen molar-refractivity contribution in [1.29, 1.82) is 0 Å². The molecule has 0 saturated heterocycles. The van der Waals surface area contributed by atoms with Gasteiger partial charge in [0, 0.05) is 19.5 Å². The number of methoxy groups -OCH3 is 1. The number of rotatable bonds is 19. The van der Waals surface area contributed by atoms with Gasteiger partial charge in [0.05, 0.1) is 10.1 Å². The molecule has 6 heteroatoms. The SMILES string of the molecule is COCCCCCCCCCCCCCCCCCCS(=O)(=O)[O-].[Na+]. The van der Waals surface area contributed by atoms with Crippen LogP contribution in [0.4, 0.5) is 0 Å². The molecule has 4 nitrogen and oxygen atoms in total. The molecule has 25 heavy (non-hydrogen) atoms. The number of hydrogen-bond acceptors (Lipinski definition) is 4. The van der Waals surface area contributed by atoms with Gasteiger partial charge < -0.3 is 9.29 Å². The minimum atomic E-state index is -4.00. The molecule has 0 radical (unpaired) electrons. The molecule has 0 saturated carbocycles. The van der Waals surface area contributed by atoms with Crippen molar-refractivity contribution in [2.45, 2.75) is 103 Å². The van der Waals surface area contributed by atoms with E-state index in [4.69, 9.17) is 4.74 Å². The van der Waals surface area contributed by atoms with Gasteiger partial charge in [0.25, 0.3) is 0 Å². The van der Waals surface area contributed by atoms with Crippen molar-refractivity contribution in [2.75, 3.05) is 19.5 Å². The van der Waals surface area contributed by atoms with E-state index in [0.29, 0.717) is 6.42 Å². The Balaban J connectivity index is 0. The summed E-state index contributed by atoms with van der Waals surface area (Å²) in [4.78, 5) is 0. The van der Waals surface area contributed by atoms with E-state index in [1.165, 1.54) is 83.5 Å². The van der Waals surface area contributed by atoms with Crippen LogP contribution >= 0.6 is 0 Å². The van der Waals surface area contributed by atoms with Crippen LogP contribution in [0.2, 0.25) is 0 Å². The van der Waals surface area contributed by atoms with Gasteiger partial charge in [-0.3, -0.25) is 0 Å². The summed E-state index contributed by atoms with van der Waals surface area (Å²) in [5, 5.41) is 0. The second-order valence-electron chi connectivity index (χ2n) is 6.91. The maximum atomic E-state index is 10.4. The molecule has 0 aliphatic carbocycles. The molecule has 0 atom stereocenters. The van der Waals surface area contributed by atoms with Gasteiger partial charge in [-0.25, -0.2) is 8.42 Å². The van der Waals surface area contributed by atoms with Crippen molar-refractivity contribution in [2.24, 2.45) is 0 Å². The fraction of sp³-hybridized carbons (Fsp3) is 1.00. The second kappa shape index (κ2) is 21.2. The van der Waals surface area contributed by atoms with Gasteiger partial charge in [0.15, 0.2) is 0 Å². The van der Waals surface area contributed by atoms with Crippen LogP contribution in [0.5, 0.6) is 0 Å². The smallest absolute Gasteiger partial charge is 0.748 e. The minimum Gasteiger partial charge on any atom is -0.748 e. The van der Waals surface area contributed by atoms with E-state index < -0.39 is 10.1 Å². The average molecular weight is 387 g/mol. The Morgan fingerprint density at radius 1 is 0.600 bits per heavy atom. The number of unbranched alkanes of at least 4 members (excludes halogenated alkanes) is 15. The molecule has 0 amide bonds. The first kappa shape index (κ1) is 28.1.